The Kier molecular flexibility index (Phi) is 5.45. The summed E-state index contributed by atoms with van der Waals surface area (Å²) in [7, 11) is 0. The molecule has 1 heterocycles. The van der Waals surface area contributed by atoms with E-state index in [9.17, 15) is 4.79 Å². The maximum Gasteiger partial charge on any atom is 0.228 e. The molecule has 1 aromatic carbocycles. The number of hydrogen-bond donors (Lipinski definition) is 2. The maximum absolute atomic E-state index is 12.1. The van der Waals surface area contributed by atoms with Crippen LogP contribution in [0.2, 0.25) is 0 Å². The predicted octanol–water partition coefficient (Wildman–Crippen LogP) is 1.64. The average Bonchev–Trinajstić information content (AvgIpc) is 2.98. The Morgan fingerprint density at radius 2 is 2.33 bits per heavy atom. The van der Waals surface area contributed by atoms with Crippen molar-refractivity contribution in [1.29, 1.82) is 0 Å². The number of hydrogen-bond acceptors (Lipinski definition) is 4. The molecular weight excluding hydrogens is 266 g/mol. The number of nitrogens with zero attached hydrogens (tertiary/aromatic N) is 3. The van der Waals surface area contributed by atoms with Crippen molar-refractivity contribution in [2.75, 3.05) is 11.9 Å². The highest BCUT2D eigenvalue weighted by Crippen LogP contribution is 2.14. The van der Waals surface area contributed by atoms with E-state index in [2.05, 4.69) is 22.3 Å². The number of aromatic nitrogens is 3. The molecule has 112 valence electrons. The van der Waals surface area contributed by atoms with Gasteiger partial charge in [-0.3, -0.25) is 4.79 Å². The van der Waals surface area contributed by atoms with Gasteiger partial charge in [-0.1, -0.05) is 25.5 Å². The lowest BCUT2D eigenvalue weighted by Crippen LogP contribution is -2.29. The second-order valence-corrected chi connectivity index (χ2v) is 5.00. The molecule has 0 bridgehead atoms. The number of carbonyl (C=O) groups excluding carboxylic acids is 1. The highest BCUT2D eigenvalue weighted by atomic mass is 16.1. The molecule has 0 fully saturated rings. The normalized spacial score (nSPS) is 12.1. The first-order valence-corrected chi connectivity index (χ1v) is 7.15. The number of benzene rings is 1. The minimum Gasteiger partial charge on any atom is -0.330 e. The molecule has 2 rings (SSSR count). The van der Waals surface area contributed by atoms with E-state index in [1.165, 1.54) is 6.33 Å². The SMILES string of the molecule is CCCC(CN)C(=O)Nc1cccc(Cn2cncn2)c1. The number of nitrogens with two attached hydrogens (primary N) is 1. The van der Waals surface area contributed by atoms with Crippen LogP contribution in [0.3, 0.4) is 0 Å². The number of anilines is 1. The number of nitrogens with one attached hydrogen (secondary N) is 1. The first kappa shape index (κ1) is 15.2. The van der Waals surface area contributed by atoms with Crippen molar-refractivity contribution in [3.8, 4) is 0 Å². The van der Waals surface area contributed by atoms with Crippen LogP contribution in [0.25, 0.3) is 0 Å². The Labute approximate surface area is 124 Å². The highest BCUT2D eigenvalue weighted by molar-refractivity contribution is 5.92. The molecule has 1 unspecified atom stereocenters. The lowest BCUT2D eigenvalue weighted by molar-refractivity contribution is -0.119. The van der Waals surface area contributed by atoms with Gasteiger partial charge in [-0.05, 0) is 24.1 Å². The summed E-state index contributed by atoms with van der Waals surface area (Å²) in [6, 6.07) is 7.73. The topological polar surface area (TPSA) is 85.8 Å². The smallest absolute Gasteiger partial charge is 0.228 e. The summed E-state index contributed by atoms with van der Waals surface area (Å²) >= 11 is 0. The first-order valence-electron chi connectivity index (χ1n) is 7.15. The maximum atomic E-state index is 12.1. The van der Waals surface area contributed by atoms with Gasteiger partial charge in [0.15, 0.2) is 0 Å². The zero-order valence-electron chi connectivity index (χ0n) is 12.2. The van der Waals surface area contributed by atoms with E-state index in [0.29, 0.717) is 13.1 Å². The van der Waals surface area contributed by atoms with Crippen LogP contribution in [0.15, 0.2) is 36.9 Å². The largest absolute Gasteiger partial charge is 0.330 e. The number of amides is 1. The Hall–Kier alpha value is -2.21. The van der Waals surface area contributed by atoms with E-state index in [-0.39, 0.29) is 11.8 Å². The van der Waals surface area contributed by atoms with Gasteiger partial charge in [0.25, 0.3) is 0 Å². The van der Waals surface area contributed by atoms with Crippen LogP contribution in [0, 0.1) is 5.92 Å². The molecular formula is C15H21N5O. The summed E-state index contributed by atoms with van der Waals surface area (Å²) in [5.74, 6) is -0.147. The van der Waals surface area contributed by atoms with Crippen LogP contribution < -0.4 is 11.1 Å². The molecule has 1 atom stereocenters. The minimum absolute atomic E-state index is 0.0164. The average molecular weight is 287 g/mol. The molecule has 0 saturated carbocycles. The molecule has 0 aliphatic heterocycles. The molecule has 2 aromatic rings. The monoisotopic (exact) mass is 287 g/mol. The summed E-state index contributed by atoms with van der Waals surface area (Å²) < 4.78 is 1.74. The second kappa shape index (κ2) is 7.54. The standard InChI is InChI=1S/C15H21N5O/c1-2-4-13(8-16)15(21)19-14-6-3-5-12(7-14)9-20-11-17-10-18-20/h3,5-7,10-11,13H,2,4,8-9,16H2,1H3,(H,19,21). The third kappa shape index (κ3) is 4.39. The molecule has 1 amide bonds. The third-order valence-electron chi connectivity index (χ3n) is 3.30. The quantitative estimate of drug-likeness (QED) is 0.810. The third-order valence-corrected chi connectivity index (χ3v) is 3.30. The molecule has 3 N–H and O–H groups in total. The van der Waals surface area contributed by atoms with Crippen LogP contribution in [0.4, 0.5) is 5.69 Å². The van der Waals surface area contributed by atoms with Gasteiger partial charge in [-0.2, -0.15) is 5.10 Å². The van der Waals surface area contributed by atoms with Crippen LogP contribution in [0.1, 0.15) is 25.3 Å². The van der Waals surface area contributed by atoms with Crippen LogP contribution in [0.5, 0.6) is 0 Å². The summed E-state index contributed by atoms with van der Waals surface area (Å²) in [4.78, 5) is 16.1. The van der Waals surface area contributed by atoms with Gasteiger partial charge in [0.1, 0.15) is 12.7 Å². The van der Waals surface area contributed by atoms with Crippen molar-refractivity contribution in [2.24, 2.45) is 11.7 Å². The van der Waals surface area contributed by atoms with Gasteiger partial charge in [0.05, 0.1) is 12.5 Å². The second-order valence-electron chi connectivity index (χ2n) is 5.00. The Morgan fingerprint density at radius 1 is 1.48 bits per heavy atom. The van der Waals surface area contributed by atoms with Gasteiger partial charge in [0, 0.05) is 12.2 Å². The lowest BCUT2D eigenvalue weighted by Gasteiger charge is -2.14. The fourth-order valence-corrected chi connectivity index (χ4v) is 2.20. The summed E-state index contributed by atoms with van der Waals surface area (Å²) in [5, 5.41) is 7.00. The summed E-state index contributed by atoms with van der Waals surface area (Å²) in [5.41, 5.74) is 7.49. The molecule has 0 aliphatic rings. The highest BCUT2D eigenvalue weighted by Gasteiger charge is 2.15. The summed E-state index contributed by atoms with van der Waals surface area (Å²) in [6.45, 7) is 3.05. The van der Waals surface area contributed by atoms with Crippen LogP contribution >= 0.6 is 0 Å². The molecule has 6 nitrogen and oxygen atoms in total. The Morgan fingerprint density at radius 3 is 3.00 bits per heavy atom. The van der Waals surface area contributed by atoms with Gasteiger partial charge in [-0.25, -0.2) is 9.67 Å². The predicted molar refractivity (Wildman–Crippen MR) is 81.6 cm³/mol. The van der Waals surface area contributed by atoms with Crippen molar-refractivity contribution in [3.05, 3.63) is 42.5 Å². The van der Waals surface area contributed by atoms with Gasteiger partial charge >= 0.3 is 0 Å². The fraction of sp³-hybridized carbons (Fsp3) is 0.400. The molecule has 0 saturated heterocycles. The Balaban J connectivity index is 2.02. The molecule has 0 aliphatic carbocycles. The lowest BCUT2D eigenvalue weighted by atomic mass is 10.0. The van der Waals surface area contributed by atoms with Gasteiger partial charge in [-0.15, -0.1) is 0 Å². The molecule has 0 spiro atoms. The van der Waals surface area contributed by atoms with Crippen molar-refractivity contribution < 1.29 is 4.79 Å². The zero-order chi connectivity index (χ0) is 15.1. The zero-order valence-corrected chi connectivity index (χ0v) is 12.2. The van der Waals surface area contributed by atoms with E-state index in [1.807, 2.05) is 24.3 Å². The van der Waals surface area contributed by atoms with Crippen LogP contribution in [-0.2, 0) is 11.3 Å². The molecule has 6 heteroatoms. The molecule has 1 aromatic heterocycles. The number of carbonyl (C=O) groups is 1. The van der Waals surface area contributed by atoms with Crippen molar-refractivity contribution in [1.82, 2.24) is 14.8 Å². The van der Waals surface area contributed by atoms with E-state index < -0.39 is 0 Å². The van der Waals surface area contributed by atoms with E-state index in [4.69, 9.17) is 5.73 Å². The first-order chi connectivity index (χ1) is 10.2. The number of rotatable bonds is 7. The van der Waals surface area contributed by atoms with Crippen LogP contribution in [-0.4, -0.2) is 27.2 Å². The molecule has 21 heavy (non-hydrogen) atoms. The van der Waals surface area contributed by atoms with Crippen molar-refractivity contribution in [3.63, 3.8) is 0 Å². The van der Waals surface area contributed by atoms with Crippen molar-refractivity contribution >= 4 is 11.6 Å². The van der Waals surface area contributed by atoms with E-state index in [1.54, 1.807) is 11.0 Å². The minimum atomic E-state index is -0.131. The van der Waals surface area contributed by atoms with Gasteiger partial charge in [0.2, 0.25) is 5.91 Å². The molecule has 0 radical (unpaired) electrons. The summed E-state index contributed by atoms with van der Waals surface area (Å²) in [6.07, 6.45) is 4.92. The Bertz CT molecular complexity index is 567. The van der Waals surface area contributed by atoms with E-state index in [0.717, 1.165) is 24.1 Å². The van der Waals surface area contributed by atoms with E-state index >= 15 is 0 Å². The van der Waals surface area contributed by atoms with Crippen molar-refractivity contribution in [2.45, 2.75) is 26.3 Å². The fourth-order valence-electron chi connectivity index (χ4n) is 2.20. The van der Waals surface area contributed by atoms with Gasteiger partial charge < -0.3 is 11.1 Å².